The van der Waals surface area contributed by atoms with Gasteiger partial charge in [0.1, 0.15) is 5.82 Å². The maximum atomic E-state index is 4.79. The van der Waals surface area contributed by atoms with Gasteiger partial charge in [-0.2, -0.15) is 11.8 Å². The van der Waals surface area contributed by atoms with Crippen molar-refractivity contribution in [3.05, 3.63) is 22.8 Å². The molecular formula is C16H29N3S. The maximum Gasteiger partial charge on any atom is 0.138 e. The molecule has 1 rings (SSSR count). The van der Waals surface area contributed by atoms with Crippen LogP contribution in [0, 0.1) is 0 Å². The van der Waals surface area contributed by atoms with Crippen molar-refractivity contribution in [2.45, 2.75) is 64.9 Å². The third-order valence-electron chi connectivity index (χ3n) is 3.24. The Kier molecular flexibility index (Phi) is 8.15. The molecule has 0 unspecified atom stereocenters. The van der Waals surface area contributed by atoms with Gasteiger partial charge in [-0.25, -0.2) is 9.97 Å². The second-order valence-electron chi connectivity index (χ2n) is 5.18. The fourth-order valence-corrected chi connectivity index (χ4v) is 2.82. The predicted octanol–water partition coefficient (Wildman–Crippen LogP) is 3.40. The Balaban J connectivity index is 2.92. The van der Waals surface area contributed by atoms with E-state index in [1.165, 1.54) is 17.0 Å². The molecule has 1 N–H and O–H groups in total. The Labute approximate surface area is 128 Å². The quantitative estimate of drug-likeness (QED) is 0.709. The Morgan fingerprint density at radius 3 is 2.10 bits per heavy atom. The number of hydrogen-bond acceptors (Lipinski definition) is 4. The molecule has 0 radical (unpaired) electrons. The Morgan fingerprint density at radius 2 is 1.65 bits per heavy atom. The summed E-state index contributed by atoms with van der Waals surface area (Å²) >= 11 is 1.91. The molecule has 1 heterocycles. The highest BCUT2D eigenvalue weighted by Crippen LogP contribution is 2.19. The summed E-state index contributed by atoms with van der Waals surface area (Å²) in [6.07, 6.45) is 3.03. The highest BCUT2D eigenvalue weighted by atomic mass is 32.2. The summed E-state index contributed by atoms with van der Waals surface area (Å²) in [4.78, 5) is 9.58. The second-order valence-corrected chi connectivity index (χ2v) is 6.75. The SMILES string of the molecule is CCNCCc1c(CC)nc(CSC(C)C)nc1CC. The molecule has 3 nitrogen and oxygen atoms in total. The van der Waals surface area contributed by atoms with Crippen molar-refractivity contribution in [1.82, 2.24) is 15.3 Å². The van der Waals surface area contributed by atoms with Gasteiger partial charge in [-0.3, -0.25) is 0 Å². The van der Waals surface area contributed by atoms with Crippen LogP contribution in [0.4, 0.5) is 0 Å². The summed E-state index contributed by atoms with van der Waals surface area (Å²) in [7, 11) is 0. The molecule has 4 heteroatoms. The molecule has 1 aromatic heterocycles. The van der Waals surface area contributed by atoms with E-state index in [1.807, 2.05) is 11.8 Å². The number of aryl methyl sites for hydroxylation is 2. The van der Waals surface area contributed by atoms with Crippen molar-refractivity contribution in [1.29, 1.82) is 0 Å². The van der Waals surface area contributed by atoms with Crippen LogP contribution in [0.15, 0.2) is 0 Å². The molecule has 0 aromatic carbocycles. The third kappa shape index (κ3) is 5.41. The van der Waals surface area contributed by atoms with Gasteiger partial charge in [0.2, 0.25) is 0 Å². The van der Waals surface area contributed by atoms with Crippen LogP contribution < -0.4 is 5.32 Å². The largest absolute Gasteiger partial charge is 0.317 e. The van der Waals surface area contributed by atoms with Crippen LogP contribution >= 0.6 is 11.8 Å². The molecule has 114 valence electrons. The van der Waals surface area contributed by atoms with Gasteiger partial charge in [0.05, 0.1) is 5.75 Å². The molecule has 0 aliphatic carbocycles. The highest BCUT2D eigenvalue weighted by Gasteiger charge is 2.12. The van der Waals surface area contributed by atoms with Gasteiger partial charge in [-0.15, -0.1) is 0 Å². The van der Waals surface area contributed by atoms with Crippen LogP contribution in [0.3, 0.4) is 0 Å². The Morgan fingerprint density at radius 1 is 1.05 bits per heavy atom. The zero-order valence-electron chi connectivity index (χ0n) is 13.6. The number of nitrogens with one attached hydrogen (secondary N) is 1. The first-order valence-electron chi connectivity index (χ1n) is 7.82. The monoisotopic (exact) mass is 295 g/mol. The lowest BCUT2D eigenvalue weighted by molar-refractivity contribution is 0.699. The smallest absolute Gasteiger partial charge is 0.138 e. The average Bonchev–Trinajstić information content (AvgIpc) is 2.45. The number of nitrogens with zero attached hydrogens (tertiary/aromatic N) is 2. The van der Waals surface area contributed by atoms with Gasteiger partial charge in [-0.1, -0.05) is 34.6 Å². The van der Waals surface area contributed by atoms with E-state index in [0.29, 0.717) is 5.25 Å². The van der Waals surface area contributed by atoms with Crippen LogP contribution in [0.2, 0.25) is 0 Å². The first-order chi connectivity index (χ1) is 9.62. The van der Waals surface area contributed by atoms with Gasteiger partial charge in [0, 0.05) is 11.4 Å². The van der Waals surface area contributed by atoms with Crippen molar-refractivity contribution in [2.24, 2.45) is 0 Å². The van der Waals surface area contributed by atoms with Crippen molar-refractivity contribution in [3.63, 3.8) is 0 Å². The molecule has 1 aromatic rings. The van der Waals surface area contributed by atoms with E-state index in [-0.39, 0.29) is 0 Å². The summed E-state index contributed by atoms with van der Waals surface area (Å²) in [6, 6.07) is 0. The fourth-order valence-electron chi connectivity index (χ4n) is 2.21. The summed E-state index contributed by atoms with van der Waals surface area (Å²) in [6.45, 7) is 13.0. The lowest BCUT2D eigenvalue weighted by atomic mass is 10.0. The molecule has 0 amide bonds. The van der Waals surface area contributed by atoms with Crippen molar-refractivity contribution >= 4 is 11.8 Å². The number of rotatable bonds is 9. The molecule has 0 aliphatic rings. The molecular weight excluding hydrogens is 266 g/mol. The molecule has 0 saturated carbocycles. The molecule has 0 spiro atoms. The molecule has 0 atom stereocenters. The minimum atomic E-state index is 0.627. The van der Waals surface area contributed by atoms with Crippen LogP contribution in [0.1, 0.15) is 57.4 Å². The molecule has 0 saturated heterocycles. The minimum absolute atomic E-state index is 0.627. The maximum absolute atomic E-state index is 4.79. The summed E-state index contributed by atoms with van der Waals surface area (Å²) in [5.74, 6) is 1.93. The second kappa shape index (κ2) is 9.35. The minimum Gasteiger partial charge on any atom is -0.317 e. The van der Waals surface area contributed by atoms with Gasteiger partial charge in [-0.05, 0) is 43.2 Å². The van der Waals surface area contributed by atoms with E-state index in [0.717, 1.165) is 43.9 Å². The van der Waals surface area contributed by atoms with Crippen molar-refractivity contribution in [3.8, 4) is 0 Å². The van der Waals surface area contributed by atoms with Gasteiger partial charge < -0.3 is 5.32 Å². The van der Waals surface area contributed by atoms with Gasteiger partial charge in [0.15, 0.2) is 0 Å². The number of hydrogen-bond donors (Lipinski definition) is 1. The lowest BCUT2D eigenvalue weighted by Crippen LogP contribution is -2.19. The first-order valence-corrected chi connectivity index (χ1v) is 8.86. The topological polar surface area (TPSA) is 37.8 Å². The molecule has 0 aliphatic heterocycles. The highest BCUT2D eigenvalue weighted by molar-refractivity contribution is 7.99. The Hall–Kier alpha value is -0.610. The zero-order valence-corrected chi connectivity index (χ0v) is 14.4. The van der Waals surface area contributed by atoms with Crippen molar-refractivity contribution in [2.75, 3.05) is 13.1 Å². The third-order valence-corrected chi connectivity index (χ3v) is 4.33. The van der Waals surface area contributed by atoms with Crippen LogP contribution in [-0.2, 0) is 25.0 Å². The number of aromatic nitrogens is 2. The van der Waals surface area contributed by atoms with E-state index >= 15 is 0 Å². The standard InChI is InChI=1S/C16H29N3S/c1-6-14-13(9-10-17-8-3)15(7-2)19-16(18-14)11-20-12(4)5/h12,17H,6-11H2,1-5H3. The fraction of sp³-hybridized carbons (Fsp3) is 0.750. The molecule has 0 fully saturated rings. The summed E-state index contributed by atoms with van der Waals surface area (Å²) < 4.78 is 0. The van der Waals surface area contributed by atoms with Crippen LogP contribution in [0.5, 0.6) is 0 Å². The van der Waals surface area contributed by atoms with Gasteiger partial charge >= 0.3 is 0 Å². The normalized spacial score (nSPS) is 11.3. The lowest BCUT2D eigenvalue weighted by Gasteiger charge is -2.14. The first kappa shape index (κ1) is 17.4. The van der Waals surface area contributed by atoms with E-state index in [2.05, 4.69) is 39.9 Å². The summed E-state index contributed by atoms with van der Waals surface area (Å²) in [5.41, 5.74) is 3.86. The Bertz CT molecular complexity index is 380. The van der Waals surface area contributed by atoms with E-state index < -0.39 is 0 Å². The van der Waals surface area contributed by atoms with E-state index in [4.69, 9.17) is 9.97 Å². The van der Waals surface area contributed by atoms with Crippen LogP contribution in [-0.4, -0.2) is 28.3 Å². The summed E-state index contributed by atoms with van der Waals surface area (Å²) in [5, 5.41) is 4.02. The average molecular weight is 295 g/mol. The van der Waals surface area contributed by atoms with E-state index in [9.17, 15) is 0 Å². The predicted molar refractivity (Wildman–Crippen MR) is 89.5 cm³/mol. The zero-order chi connectivity index (χ0) is 15.0. The van der Waals surface area contributed by atoms with E-state index in [1.54, 1.807) is 0 Å². The van der Waals surface area contributed by atoms with Gasteiger partial charge in [0.25, 0.3) is 0 Å². The van der Waals surface area contributed by atoms with Crippen LogP contribution in [0.25, 0.3) is 0 Å². The number of thioether (sulfide) groups is 1. The molecule has 0 bridgehead atoms. The molecule has 20 heavy (non-hydrogen) atoms. The van der Waals surface area contributed by atoms with Crippen molar-refractivity contribution < 1.29 is 0 Å². The number of likely N-dealkylation sites (N-methyl/N-ethyl adjacent to an activating group) is 1.